The number of fused-ring (bicyclic) bond motifs is 2. The fourth-order valence-corrected chi connectivity index (χ4v) is 3.46. The number of benzene rings is 2. The molecule has 0 radical (unpaired) electrons. The van der Waals surface area contributed by atoms with Gasteiger partial charge in [0.15, 0.2) is 0 Å². The summed E-state index contributed by atoms with van der Waals surface area (Å²) in [6.45, 7) is 6.57. The van der Waals surface area contributed by atoms with Crippen LogP contribution < -0.4 is 5.32 Å². The summed E-state index contributed by atoms with van der Waals surface area (Å²) in [6, 6.07) is 11.3. The smallest absolute Gasteiger partial charge is 0.255 e. The molecule has 2 aromatic carbocycles. The number of anilines is 1. The van der Waals surface area contributed by atoms with E-state index in [2.05, 4.69) is 17.0 Å². The minimum absolute atomic E-state index is 0.102. The van der Waals surface area contributed by atoms with Crippen LogP contribution in [0, 0.1) is 6.92 Å². The molecule has 0 saturated carbocycles. The van der Waals surface area contributed by atoms with Gasteiger partial charge in [-0.1, -0.05) is 24.8 Å². The number of amides is 2. The molecule has 1 N–H and O–H groups in total. The number of nitrogens with zero attached hydrogens (tertiary/aromatic N) is 3. The summed E-state index contributed by atoms with van der Waals surface area (Å²) in [5.41, 5.74) is 5.12. The third-order valence-electron chi connectivity index (χ3n) is 5.09. The first-order valence-electron chi connectivity index (χ1n) is 8.74. The first-order chi connectivity index (χ1) is 13.0. The highest BCUT2D eigenvalue weighted by Gasteiger charge is 2.23. The molecule has 2 heterocycles. The fraction of sp³-hybridized carbons (Fsp3) is 0.190. The van der Waals surface area contributed by atoms with Crippen molar-refractivity contribution in [2.24, 2.45) is 7.05 Å². The molecule has 0 fully saturated rings. The zero-order valence-electron chi connectivity index (χ0n) is 15.3. The Morgan fingerprint density at radius 3 is 2.74 bits per heavy atom. The van der Waals surface area contributed by atoms with E-state index in [0.29, 0.717) is 24.3 Å². The Bertz CT molecular complexity index is 1100. The zero-order chi connectivity index (χ0) is 19.1. The average molecular weight is 360 g/mol. The summed E-state index contributed by atoms with van der Waals surface area (Å²) in [5.74, 6) is -0.295. The lowest BCUT2D eigenvalue weighted by atomic mass is 10.1. The highest BCUT2D eigenvalue weighted by molar-refractivity contribution is 6.08. The minimum Gasteiger partial charge on any atom is -0.331 e. The second kappa shape index (κ2) is 6.39. The summed E-state index contributed by atoms with van der Waals surface area (Å²) < 4.78 is 1.81. The lowest BCUT2D eigenvalue weighted by Gasteiger charge is -2.11. The Hall–Kier alpha value is -3.41. The molecular formula is C21H20N4O2. The van der Waals surface area contributed by atoms with Crippen molar-refractivity contribution in [2.75, 3.05) is 5.32 Å². The van der Waals surface area contributed by atoms with Gasteiger partial charge in [-0.25, -0.2) is 0 Å². The van der Waals surface area contributed by atoms with Crippen LogP contribution in [-0.2, 0) is 24.9 Å². The number of carbonyl (C=O) groups excluding carboxylic acids is 2. The largest absolute Gasteiger partial charge is 0.331 e. The van der Waals surface area contributed by atoms with Gasteiger partial charge in [0.05, 0.1) is 5.69 Å². The standard InChI is InChI=1S/C21H20N4O2/c1-4-19(26)25-11-15-9-8-14(10-16(15)12-25)21(27)22-18-7-5-6-17-13(2)24(3)23-20(17)18/h4-10H,1,11-12H2,2-3H3,(H,22,27). The van der Waals surface area contributed by atoms with Crippen LogP contribution in [0.5, 0.6) is 0 Å². The maximum Gasteiger partial charge on any atom is 0.255 e. The van der Waals surface area contributed by atoms with Crippen LogP contribution in [0.4, 0.5) is 5.69 Å². The molecule has 0 bridgehead atoms. The Morgan fingerprint density at radius 2 is 1.96 bits per heavy atom. The van der Waals surface area contributed by atoms with Gasteiger partial charge in [0.25, 0.3) is 5.91 Å². The van der Waals surface area contributed by atoms with Crippen molar-refractivity contribution >= 4 is 28.4 Å². The van der Waals surface area contributed by atoms with Crippen LogP contribution >= 0.6 is 0 Å². The Balaban J connectivity index is 1.60. The van der Waals surface area contributed by atoms with E-state index in [1.165, 1.54) is 6.08 Å². The average Bonchev–Trinajstić information content (AvgIpc) is 3.22. The van der Waals surface area contributed by atoms with Crippen LogP contribution in [0.15, 0.2) is 49.1 Å². The maximum atomic E-state index is 12.8. The monoisotopic (exact) mass is 360 g/mol. The van der Waals surface area contributed by atoms with E-state index in [-0.39, 0.29) is 11.8 Å². The van der Waals surface area contributed by atoms with Gasteiger partial charge in [0.1, 0.15) is 5.52 Å². The SMILES string of the molecule is C=CC(=O)N1Cc2ccc(C(=O)Nc3cccc4c(C)n(C)nc34)cc2C1. The second-order valence-electron chi connectivity index (χ2n) is 6.75. The highest BCUT2D eigenvalue weighted by Crippen LogP contribution is 2.27. The summed E-state index contributed by atoms with van der Waals surface area (Å²) in [4.78, 5) is 26.3. The summed E-state index contributed by atoms with van der Waals surface area (Å²) in [7, 11) is 1.89. The zero-order valence-corrected chi connectivity index (χ0v) is 15.3. The third kappa shape index (κ3) is 2.89. The number of carbonyl (C=O) groups is 2. The predicted octanol–water partition coefficient (Wildman–Crippen LogP) is 3.16. The molecule has 4 rings (SSSR count). The number of aromatic nitrogens is 2. The molecule has 0 atom stereocenters. The predicted molar refractivity (Wildman–Crippen MR) is 104 cm³/mol. The molecule has 6 heteroatoms. The van der Waals surface area contributed by atoms with Crippen LogP contribution in [0.1, 0.15) is 27.2 Å². The maximum absolute atomic E-state index is 12.8. The summed E-state index contributed by atoms with van der Waals surface area (Å²) in [6.07, 6.45) is 1.31. The van der Waals surface area contributed by atoms with Gasteiger partial charge < -0.3 is 10.2 Å². The number of hydrogen-bond acceptors (Lipinski definition) is 3. The van der Waals surface area contributed by atoms with E-state index in [4.69, 9.17) is 0 Å². The fourth-order valence-electron chi connectivity index (χ4n) is 3.46. The molecule has 1 aliphatic rings. The van der Waals surface area contributed by atoms with E-state index in [0.717, 1.165) is 27.7 Å². The molecule has 6 nitrogen and oxygen atoms in total. The Labute approximate surface area is 157 Å². The molecule has 3 aromatic rings. The van der Waals surface area contributed by atoms with Crippen molar-refractivity contribution in [1.82, 2.24) is 14.7 Å². The van der Waals surface area contributed by atoms with Gasteiger partial charge in [0, 0.05) is 36.8 Å². The van der Waals surface area contributed by atoms with Crippen LogP contribution in [0.25, 0.3) is 10.9 Å². The number of rotatable bonds is 3. The van der Waals surface area contributed by atoms with Gasteiger partial charge in [-0.3, -0.25) is 14.3 Å². The van der Waals surface area contributed by atoms with Crippen molar-refractivity contribution in [1.29, 1.82) is 0 Å². The van der Waals surface area contributed by atoms with Gasteiger partial charge in [0.2, 0.25) is 5.91 Å². The molecule has 0 unspecified atom stereocenters. The van der Waals surface area contributed by atoms with E-state index >= 15 is 0 Å². The quantitative estimate of drug-likeness (QED) is 0.730. The van der Waals surface area contributed by atoms with Crippen molar-refractivity contribution in [2.45, 2.75) is 20.0 Å². The van der Waals surface area contributed by atoms with Gasteiger partial charge in [-0.2, -0.15) is 5.10 Å². The van der Waals surface area contributed by atoms with Crippen LogP contribution in [-0.4, -0.2) is 26.5 Å². The van der Waals surface area contributed by atoms with Crippen molar-refractivity contribution < 1.29 is 9.59 Å². The minimum atomic E-state index is -0.192. The Kier molecular flexibility index (Phi) is 4.03. The van der Waals surface area contributed by atoms with Gasteiger partial charge in [-0.15, -0.1) is 0 Å². The molecule has 136 valence electrons. The number of aryl methyl sites for hydroxylation is 2. The number of nitrogens with one attached hydrogen (secondary N) is 1. The second-order valence-corrected chi connectivity index (χ2v) is 6.75. The van der Waals surface area contributed by atoms with Crippen molar-refractivity contribution in [3.05, 3.63) is 71.4 Å². The normalized spacial score (nSPS) is 12.9. The van der Waals surface area contributed by atoms with E-state index < -0.39 is 0 Å². The molecular weight excluding hydrogens is 340 g/mol. The van der Waals surface area contributed by atoms with Crippen LogP contribution in [0.3, 0.4) is 0 Å². The molecule has 0 aliphatic carbocycles. The van der Waals surface area contributed by atoms with Gasteiger partial charge >= 0.3 is 0 Å². The first kappa shape index (κ1) is 17.0. The number of hydrogen-bond donors (Lipinski definition) is 1. The molecule has 0 spiro atoms. The van der Waals surface area contributed by atoms with E-state index in [1.807, 2.05) is 44.3 Å². The lowest BCUT2D eigenvalue weighted by molar-refractivity contribution is -0.126. The third-order valence-corrected chi connectivity index (χ3v) is 5.09. The molecule has 1 aromatic heterocycles. The van der Waals surface area contributed by atoms with Crippen molar-refractivity contribution in [3.8, 4) is 0 Å². The molecule has 27 heavy (non-hydrogen) atoms. The summed E-state index contributed by atoms with van der Waals surface area (Å²) in [5, 5.41) is 8.49. The van der Waals surface area contributed by atoms with Gasteiger partial charge in [-0.05, 0) is 42.3 Å². The highest BCUT2D eigenvalue weighted by atomic mass is 16.2. The molecule has 0 saturated heterocycles. The molecule has 1 aliphatic heterocycles. The van der Waals surface area contributed by atoms with E-state index in [1.54, 1.807) is 15.6 Å². The first-order valence-corrected chi connectivity index (χ1v) is 8.74. The molecule has 2 amide bonds. The van der Waals surface area contributed by atoms with Crippen LogP contribution in [0.2, 0.25) is 0 Å². The van der Waals surface area contributed by atoms with E-state index in [9.17, 15) is 9.59 Å². The Morgan fingerprint density at radius 1 is 1.19 bits per heavy atom. The van der Waals surface area contributed by atoms with Crippen molar-refractivity contribution in [3.63, 3.8) is 0 Å². The lowest BCUT2D eigenvalue weighted by Crippen LogP contribution is -2.22. The summed E-state index contributed by atoms with van der Waals surface area (Å²) >= 11 is 0. The topological polar surface area (TPSA) is 67.2 Å².